The first kappa shape index (κ1) is 10.0. The summed E-state index contributed by atoms with van der Waals surface area (Å²) < 4.78 is 2.03. The van der Waals surface area contributed by atoms with Crippen molar-refractivity contribution < 1.29 is 0 Å². The first-order valence-electron chi connectivity index (χ1n) is 5.74. The first-order valence-corrected chi connectivity index (χ1v) is 5.74. The van der Waals surface area contributed by atoms with Gasteiger partial charge in [0.05, 0.1) is 11.7 Å². The molecule has 0 spiro atoms. The van der Waals surface area contributed by atoms with Crippen molar-refractivity contribution in [1.82, 2.24) is 14.8 Å². The fourth-order valence-electron chi connectivity index (χ4n) is 1.97. The summed E-state index contributed by atoms with van der Waals surface area (Å²) in [5.74, 6) is 0. The molecule has 2 heterocycles. The normalized spacial score (nSPS) is 10.8. The molecule has 0 aliphatic carbocycles. The number of para-hydroxylation sites is 1. The van der Waals surface area contributed by atoms with Crippen molar-refractivity contribution in [2.75, 3.05) is 0 Å². The molecule has 0 radical (unpaired) electrons. The number of nitrogens with zero attached hydrogens (tertiary/aromatic N) is 3. The molecule has 0 atom stereocenters. The molecule has 0 saturated heterocycles. The van der Waals surface area contributed by atoms with Crippen LogP contribution >= 0.6 is 0 Å². The van der Waals surface area contributed by atoms with E-state index >= 15 is 0 Å². The number of benzene rings is 1. The lowest BCUT2D eigenvalue weighted by atomic mass is 10.2. The first-order chi connectivity index (χ1) is 8.43. The van der Waals surface area contributed by atoms with E-state index in [4.69, 9.17) is 0 Å². The summed E-state index contributed by atoms with van der Waals surface area (Å²) in [4.78, 5) is 4.32. The van der Waals surface area contributed by atoms with E-state index in [0.29, 0.717) is 0 Å². The summed E-state index contributed by atoms with van der Waals surface area (Å²) in [7, 11) is 0. The number of fused-ring (bicyclic) bond motifs is 1. The maximum atomic E-state index is 4.40. The lowest BCUT2D eigenvalue weighted by molar-refractivity contribution is 0.628. The molecule has 0 bridgehead atoms. The van der Waals surface area contributed by atoms with Gasteiger partial charge in [0.25, 0.3) is 0 Å². The van der Waals surface area contributed by atoms with Crippen molar-refractivity contribution in [1.29, 1.82) is 0 Å². The minimum Gasteiger partial charge on any atom is -0.264 e. The van der Waals surface area contributed by atoms with E-state index in [9.17, 15) is 0 Å². The molecular weight excluding hydrogens is 210 g/mol. The van der Waals surface area contributed by atoms with Gasteiger partial charge in [-0.05, 0) is 18.2 Å². The van der Waals surface area contributed by atoms with Gasteiger partial charge in [-0.1, -0.05) is 24.3 Å². The highest BCUT2D eigenvalue weighted by atomic mass is 15.3. The average molecular weight is 223 g/mol. The van der Waals surface area contributed by atoms with Crippen LogP contribution in [0.1, 0.15) is 5.69 Å². The molecular formula is C14H13N3. The Kier molecular flexibility index (Phi) is 2.58. The smallest absolute Gasteiger partial charge is 0.0682 e. The Morgan fingerprint density at radius 3 is 2.76 bits per heavy atom. The number of pyridine rings is 1. The van der Waals surface area contributed by atoms with Gasteiger partial charge in [-0.2, -0.15) is 5.10 Å². The van der Waals surface area contributed by atoms with E-state index in [1.807, 2.05) is 47.4 Å². The Labute approximate surface area is 99.7 Å². The van der Waals surface area contributed by atoms with Crippen LogP contribution in [-0.2, 0) is 13.0 Å². The maximum absolute atomic E-state index is 4.40. The summed E-state index contributed by atoms with van der Waals surface area (Å²) >= 11 is 0. The monoisotopic (exact) mass is 223 g/mol. The molecule has 0 N–H and O–H groups in total. The van der Waals surface area contributed by atoms with Crippen LogP contribution in [0.4, 0.5) is 0 Å². The zero-order valence-electron chi connectivity index (χ0n) is 9.45. The van der Waals surface area contributed by atoms with Crippen LogP contribution < -0.4 is 0 Å². The van der Waals surface area contributed by atoms with Crippen LogP contribution in [0.5, 0.6) is 0 Å². The molecule has 17 heavy (non-hydrogen) atoms. The molecule has 3 rings (SSSR count). The van der Waals surface area contributed by atoms with E-state index in [-0.39, 0.29) is 0 Å². The van der Waals surface area contributed by atoms with Crippen molar-refractivity contribution in [3.05, 3.63) is 60.6 Å². The molecule has 0 aliphatic heterocycles. The SMILES string of the molecule is c1ccc(CCn2ncc3ccccc32)nc1. The quantitative estimate of drug-likeness (QED) is 0.683. The van der Waals surface area contributed by atoms with Gasteiger partial charge in [-0.15, -0.1) is 0 Å². The number of hydrogen-bond acceptors (Lipinski definition) is 2. The van der Waals surface area contributed by atoms with Gasteiger partial charge >= 0.3 is 0 Å². The molecule has 0 aliphatic rings. The zero-order valence-corrected chi connectivity index (χ0v) is 9.45. The summed E-state index contributed by atoms with van der Waals surface area (Å²) in [5.41, 5.74) is 2.29. The summed E-state index contributed by atoms with van der Waals surface area (Å²) in [6.45, 7) is 0.866. The molecule has 0 unspecified atom stereocenters. The van der Waals surface area contributed by atoms with Gasteiger partial charge in [-0.3, -0.25) is 9.67 Å². The van der Waals surface area contributed by atoms with Crippen LogP contribution in [0.2, 0.25) is 0 Å². The second-order valence-corrected chi connectivity index (χ2v) is 4.00. The summed E-state index contributed by atoms with van der Waals surface area (Å²) in [6.07, 6.45) is 4.65. The van der Waals surface area contributed by atoms with Gasteiger partial charge in [0.1, 0.15) is 0 Å². The molecule has 84 valence electrons. The lowest BCUT2D eigenvalue weighted by Gasteiger charge is -2.03. The fourth-order valence-corrected chi connectivity index (χ4v) is 1.97. The highest BCUT2D eigenvalue weighted by molar-refractivity contribution is 5.78. The molecule has 0 fully saturated rings. The van der Waals surface area contributed by atoms with E-state index in [2.05, 4.69) is 22.2 Å². The predicted molar refractivity (Wildman–Crippen MR) is 67.7 cm³/mol. The second-order valence-electron chi connectivity index (χ2n) is 4.00. The van der Waals surface area contributed by atoms with Crippen LogP contribution in [0.25, 0.3) is 10.9 Å². The Bertz CT molecular complexity index is 613. The van der Waals surface area contributed by atoms with Gasteiger partial charge < -0.3 is 0 Å². The molecule has 1 aromatic carbocycles. The number of hydrogen-bond donors (Lipinski definition) is 0. The topological polar surface area (TPSA) is 30.7 Å². The minimum atomic E-state index is 0.866. The molecule has 3 aromatic rings. The Hall–Kier alpha value is -2.16. The van der Waals surface area contributed by atoms with Gasteiger partial charge in [0, 0.05) is 30.2 Å². The second kappa shape index (κ2) is 4.37. The highest BCUT2D eigenvalue weighted by Gasteiger charge is 2.01. The van der Waals surface area contributed by atoms with E-state index in [1.54, 1.807) is 0 Å². The van der Waals surface area contributed by atoms with Crippen molar-refractivity contribution in [2.45, 2.75) is 13.0 Å². The van der Waals surface area contributed by atoms with Crippen molar-refractivity contribution in [3.63, 3.8) is 0 Å². The maximum Gasteiger partial charge on any atom is 0.0682 e. The molecule has 3 heteroatoms. The Balaban J connectivity index is 1.82. The standard InChI is InChI=1S/C14H13N3/c1-2-7-14-12(5-1)11-16-17(14)10-8-13-6-3-4-9-15-13/h1-7,9,11H,8,10H2. The molecule has 0 saturated carbocycles. The largest absolute Gasteiger partial charge is 0.264 e. The van der Waals surface area contributed by atoms with E-state index in [0.717, 1.165) is 18.7 Å². The predicted octanol–water partition coefficient (Wildman–Crippen LogP) is 2.67. The number of rotatable bonds is 3. The summed E-state index contributed by atoms with van der Waals surface area (Å²) in [5, 5.41) is 5.59. The third kappa shape index (κ3) is 2.04. The highest BCUT2D eigenvalue weighted by Crippen LogP contribution is 2.12. The zero-order chi connectivity index (χ0) is 11.5. The Morgan fingerprint density at radius 1 is 1.00 bits per heavy atom. The molecule has 3 nitrogen and oxygen atoms in total. The molecule has 0 amide bonds. The molecule has 2 aromatic heterocycles. The van der Waals surface area contributed by atoms with Crippen molar-refractivity contribution in [3.8, 4) is 0 Å². The van der Waals surface area contributed by atoms with E-state index in [1.165, 1.54) is 10.9 Å². The lowest BCUT2D eigenvalue weighted by Crippen LogP contribution is -2.03. The van der Waals surface area contributed by atoms with Crippen LogP contribution in [0.15, 0.2) is 54.9 Å². The summed E-state index contributed by atoms with van der Waals surface area (Å²) in [6, 6.07) is 14.3. The minimum absolute atomic E-state index is 0.866. The van der Waals surface area contributed by atoms with Crippen LogP contribution in [0, 0.1) is 0 Å². The van der Waals surface area contributed by atoms with E-state index < -0.39 is 0 Å². The third-order valence-electron chi connectivity index (χ3n) is 2.86. The van der Waals surface area contributed by atoms with Gasteiger partial charge in [-0.25, -0.2) is 0 Å². The van der Waals surface area contributed by atoms with Crippen LogP contribution in [-0.4, -0.2) is 14.8 Å². The van der Waals surface area contributed by atoms with Crippen molar-refractivity contribution >= 4 is 10.9 Å². The van der Waals surface area contributed by atoms with Gasteiger partial charge in [0.15, 0.2) is 0 Å². The number of aryl methyl sites for hydroxylation is 2. The third-order valence-corrected chi connectivity index (χ3v) is 2.86. The van der Waals surface area contributed by atoms with Crippen LogP contribution in [0.3, 0.4) is 0 Å². The van der Waals surface area contributed by atoms with Gasteiger partial charge in [0.2, 0.25) is 0 Å². The fraction of sp³-hybridized carbons (Fsp3) is 0.143. The Morgan fingerprint density at radius 2 is 1.88 bits per heavy atom. The number of aromatic nitrogens is 3. The van der Waals surface area contributed by atoms with Crippen molar-refractivity contribution in [2.24, 2.45) is 0 Å². The average Bonchev–Trinajstić information content (AvgIpc) is 2.81.